The lowest BCUT2D eigenvalue weighted by atomic mass is 10.1. The Bertz CT molecular complexity index is 1060. The summed E-state index contributed by atoms with van der Waals surface area (Å²) in [7, 11) is 3.07. The van der Waals surface area contributed by atoms with Gasteiger partial charge in [0.05, 0.1) is 45.7 Å². The van der Waals surface area contributed by atoms with Crippen LogP contribution in [-0.4, -0.2) is 112 Å². The molecule has 0 aromatic heterocycles. The quantitative estimate of drug-likeness (QED) is 0.506. The van der Waals surface area contributed by atoms with E-state index >= 15 is 0 Å². The number of carbonyl (C=O) groups excluding carboxylic acids is 2. The number of methoxy groups -OCH3 is 2. The predicted octanol–water partition coefficient (Wildman–Crippen LogP) is 2.16. The van der Waals surface area contributed by atoms with Gasteiger partial charge in [-0.2, -0.15) is 0 Å². The first-order valence-corrected chi connectivity index (χ1v) is 12.5. The number of amides is 2. The highest BCUT2D eigenvalue weighted by atomic mass is 19.1. The molecule has 10 heteroatoms. The van der Waals surface area contributed by atoms with Crippen molar-refractivity contribution in [2.75, 3.05) is 79.9 Å². The summed E-state index contributed by atoms with van der Waals surface area (Å²) in [5.74, 6) is -0.0755. The van der Waals surface area contributed by atoms with Crippen LogP contribution in [0.1, 0.15) is 20.7 Å². The van der Waals surface area contributed by atoms with E-state index in [2.05, 4.69) is 4.90 Å². The Morgan fingerprint density at radius 2 is 1.73 bits per heavy atom. The first-order valence-electron chi connectivity index (χ1n) is 12.5. The number of nitrogens with zero attached hydrogens (tertiary/aromatic N) is 3. The van der Waals surface area contributed by atoms with Crippen LogP contribution in [0, 0.1) is 5.82 Å². The number of ether oxygens (including phenoxy) is 4. The third-order valence-corrected chi connectivity index (χ3v) is 6.63. The molecular weight excluding hydrogens is 481 g/mol. The Hall–Kier alpha value is -3.21. The second-order valence-electron chi connectivity index (χ2n) is 9.03. The summed E-state index contributed by atoms with van der Waals surface area (Å²) >= 11 is 0. The number of morpholine rings is 2. The van der Waals surface area contributed by atoms with E-state index in [4.69, 9.17) is 18.9 Å². The highest BCUT2D eigenvalue weighted by molar-refractivity contribution is 5.95. The molecule has 2 aromatic rings. The lowest BCUT2D eigenvalue weighted by Gasteiger charge is -2.37. The van der Waals surface area contributed by atoms with Crippen LogP contribution in [0.3, 0.4) is 0 Å². The van der Waals surface area contributed by atoms with E-state index in [0.717, 1.165) is 13.1 Å². The summed E-state index contributed by atoms with van der Waals surface area (Å²) in [4.78, 5) is 32.2. The van der Waals surface area contributed by atoms with E-state index in [1.165, 1.54) is 26.4 Å². The predicted molar refractivity (Wildman–Crippen MR) is 135 cm³/mol. The maximum Gasteiger partial charge on any atom is 0.256 e. The van der Waals surface area contributed by atoms with Gasteiger partial charge in [0.25, 0.3) is 11.8 Å². The van der Waals surface area contributed by atoms with E-state index in [1.54, 1.807) is 40.1 Å². The minimum absolute atomic E-state index is 0.0247. The fourth-order valence-electron chi connectivity index (χ4n) is 4.54. The number of hydrogen-bond donors (Lipinski definition) is 0. The average Bonchev–Trinajstić information content (AvgIpc) is 2.95. The molecule has 200 valence electrons. The van der Waals surface area contributed by atoms with Gasteiger partial charge >= 0.3 is 0 Å². The molecule has 2 saturated heterocycles. The van der Waals surface area contributed by atoms with E-state index in [0.29, 0.717) is 63.1 Å². The van der Waals surface area contributed by atoms with Crippen LogP contribution < -0.4 is 9.47 Å². The van der Waals surface area contributed by atoms with Gasteiger partial charge in [-0.15, -0.1) is 0 Å². The molecule has 0 saturated carbocycles. The van der Waals surface area contributed by atoms with Crippen LogP contribution in [0.25, 0.3) is 0 Å². The van der Waals surface area contributed by atoms with Gasteiger partial charge in [-0.3, -0.25) is 14.5 Å². The van der Waals surface area contributed by atoms with Crippen LogP contribution in [0.2, 0.25) is 0 Å². The van der Waals surface area contributed by atoms with E-state index < -0.39 is 17.8 Å². The van der Waals surface area contributed by atoms with Gasteiger partial charge in [0.1, 0.15) is 17.3 Å². The summed E-state index contributed by atoms with van der Waals surface area (Å²) in [5.41, 5.74) is 0.472. The van der Waals surface area contributed by atoms with E-state index in [9.17, 15) is 14.0 Å². The molecule has 9 nitrogen and oxygen atoms in total. The van der Waals surface area contributed by atoms with Gasteiger partial charge in [0.2, 0.25) is 0 Å². The minimum Gasteiger partial charge on any atom is -0.497 e. The van der Waals surface area contributed by atoms with Gasteiger partial charge in [0.15, 0.2) is 0 Å². The molecule has 2 fully saturated rings. The molecule has 0 radical (unpaired) electrons. The molecule has 0 bridgehead atoms. The van der Waals surface area contributed by atoms with Crippen molar-refractivity contribution >= 4 is 11.8 Å². The van der Waals surface area contributed by atoms with Crippen LogP contribution in [0.4, 0.5) is 4.39 Å². The molecule has 0 spiro atoms. The van der Waals surface area contributed by atoms with Crippen molar-refractivity contribution in [1.82, 2.24) is 14.7 Å². The number of rotatable bonds is 9. The van der Waals surface area contributed by atoms with Gasteiger partial charge < -0.3 is 28.7 Å². The topological polar surface area (TPSA) is 80.8 Å². The molecular formula is C27H34FN3O6. The maximum absolute atomic E-state index is 14.5. The molecule has 2 aromatic carbocycles. The molecule has 2 aliphatic heterocycles. The van der Waals surface area contributed by atoms with Crippen molar-refractivity contribution in [2.45, 2.75) is 6.10 Å². The summed E-state index contributed by atoms with van der Waals surface area (Å²) in [6, 6.07) is 11.0. The highest BCUT2D eigenvalue weighted by Crippen LogP contribution is 2.24. The van der Waals surface area contributed by atoms with Gasteiger partial charge in [-0.05, 0) is 24.3 Å². The molecule has 1 unspecified atom stereocenters. The van der Waals surface area contributed by atoms with Crippen molar-refractivity contribution in [1.29, 1.82) is 0 Å². The van der Waals surface area contributed by atoms with Gasteiger partial charge in [-0.25, -0.2) is 4.39 Å². The summed E-state index contributed by atoms with van der Waals surface area (Å²) in [6.45, 7) is 5.23. The highest BCUT2D eigenvalue weighted by Gasteiger charge is 2.30. The van der Waals surface area contributed by atoms with Crippen molar-refractivity contribution in [2.24, 2.45) is 0 Å². The van der Waals surface area contributed by atoms with Crippen molar-refractivity contribution in [3.63, 3.8) is 0 Å². The second-order valence-corrected chi connectivity index (χ2v) is 9.03. The molecule has 0 aliphatic carbocycles. The normalized spacial score (nSPS) is 18.4. The SMILES string of the molecule is COc1cc(OC)cc(C(=O)N2CCOC(CN(CCN3CCOCC3)C(=O)c3ccccc3F)C2)c1. The van der Waals surface area contributed by atoms with Crippen LogP contribution in [0.15, 0.2) is 42.5 Å². The van der Waals surface area contributed by atoms with Crippen molar-refractivity contribution < 1.29 is 32.9 Å². The maximum atomic E-state index is 14.5. The zero-order valence-corrected chi connectivity index (χ0v) is 21.4. The van der Waals surface area contributed by atoms with Crippen molar-refractivity contribution in [3.8, 4) is 11.5 Å². The van der Waals surface area contributed by atoms with Crippen LogP contribution in [0.5, 0.6) is 11.5 Å². The number of hydrogen-bond acceptors (Lipinski definition) is 7. The van der Waals surface area contributed by atoms with Crippen molar-refractivity contribution in [3.05, 3.63) is 59.4 Å². The lowest BCUT2D eigenvalue weighted by molar-refractivity contribution is -0.0347. The molecule has 1 atom stereocenters. The molecule has 37 heavy (non-hydrogen) atoms. The van der Waals surface area contributed by atoms with Crippen LogP contribution >= 0.6 is 0 Å². The van der Waals surface area contributed by atoms with Gasteiger partial charge in [-0.1, -0.05) is 12.1 Å². The first kappa shape index (κ1) is 26.8. The summed E-state index contributed by atoms with van der Waals surface area (Å²) < 4.78 is 36.5. The van der Waals surface area contributed by atoms with Gasteiger partial charge in [0, 0.05) is 57.4 Å². The monoisotopic (exact) mass is 515 g/mol. The standard InChI is InChI=1S/C27H34FN3O6/c1-34-21-15-20(16-22(17-21)35-2)26(32)31-11-14-37-23(19-31)18-30(8-7-29-9-12-36-13-10-29)27(33)24-5-3-4-6-25(24)28/h3-6,15-17,23H,7-14,18-19H2,1-2H3. The largest absolute Gasteiger partial charge is 0.497 e. The Balaban J connectivity index is 1.47. The Morgan fingerprint density at radius 1 is 1.03 bits per heavy atom. The minimum atomic E-state index is -0.558. The fraction of sp³-hybridized carbons (Fsp3) is 0.481. The Morgan fingerprint density at radius 3 is 2.41 bits per heavy atom. The first-order chi connectivity index (χ1) is 18.0. The zero-order valence-electron chi connectivity index (χ0n) is 21.4. The Labute approximate surface area is 216 Å². The molecule has 2 aliphatic rings. The average molecular weight is 516 g/mol. The summed E-state index contributed by atoms with van der Waals surface area (Å²) in [5, 5.41) is 0. The molecule has 4 rings (SSSR count). The number of carbonyl (C=O) groups is 2. The number of benzene rings is 2. The fourth-order valence-corrected chi connectivity index (χ4v) is 4.54. The second kappa shape index (κ2) is 12.8. The lowest BCUT2D eigenvalue weighted by Crippen LogP contribution is -2.52. The number of halogens is 1. The Kier molecular flexibility index (Phi) is 9.32. The smallest absolute Gasteiger partial charge is 0.256 e. The molecule has 0 N–H and O–H groups in total. The molecule has 2 amide bonds. The van der Waals surface area contributed by atoms with Crippen LogP contribution in [-0.2, 0) is 9.47 Å². The zero-order chi connectivity index (χ0) is 26.2. The van der Waals surface area contributed by atoms with E-state index in [1.807, 2.05) is 0 Å². The molecule has 2 heterocycles. The third-order valence-electron chi connectivity index (χ3n) is 6.63. The summed E-state index contributed by atoms with van der Waals surface area (Å²) in [6.07, 6.45) is -0.411. The third kappa shape index (κ3) is 6.97. The van der Waals surface area contributed by atoms with E-state index in [-0.39, 0.29) is 18.0 Å².